The summed E-state index contributed by atoms with van der Waals surface area (Å²) in [5.41, 5.74) is 5.64. The van der Waals surface area contributed by atoms with Gasteiger partial charge in [0.05, 0.1) is 17.3 Å². The van der Waals surface area contributed by atoms with Gasteiger partial charge in [-0.25, -0.2) is 9.97 Å². The number of anilines is 3. The van der Waals surface area contributed by atoms with Gasteiger partial charge in [0.15, 0.2) is 0 Å². The molecule has 9 heteroatoms. The molecule has 1 amide bonds. The van der Waals surface area contributed by atoms with Gasteiger partial charge in [-0.2, -0.15) is 16.4 Å². The molecular formula is C27H27N7OS. The third kappa shape index (κ3) is 4.65. The van der Waals surface area contributed by atoms with Crippen LogP contribution < -0.4 is 15.1 Å². The number of thiophene rings is 1. The highest BCUT2D eigenvalue weighted by Crippen LogP contribution is 2.30. The number of carbonyl (C=O) groups excluding carboxylic acids is 1. The average molecular weight is 498 g/mol. The fourth-order valence-corrected chi connectivity index (χ4v) is 5.07. The molecule has 6 rings (SSSR count). The summed E-state index contributed by atoms with van der Waals surface area (Å²) in [6.07, 6.45) is 5.35. The zero-order valence-corrected chi connectivity index (χ0v) is 19.7. The highest BCUT2D eigenvalue weighted by molar-refractivity contribution is 7.08. The largest absolute Gasteiger partial charge is 0.368 e. The van der Waals surface area contributed by atoms with Crippen molar-refractivity contribution in [2.45, 2.75) is 7.43 Å². The summed E-state index contributed by atoms with van der Waals surface area (Å²) < 4.78 is 0. The summed E-state index contributed by atoms with van der Waals surface area (Å²) in [5, 5.41) is 14.7. The number of aromatic nitrogens is 4. The minimum absolute atomic E-state index is 0. The van der Waals surface area contributed by atoms with Crippen LogP contribution in [0.4, 0.5) is 17.2 Å². The third-order valence-corrected chi connectivity index (χ3v) is 6.96. The zero-order valence-electron chi connectivity index (χ0n) is 18.9. The Kier molecular flexibility index (Phi) is 6.64. The van der Waals surface area contributed by atoms with E-state index in [4.69, 9.17) is 0 Å². The van der Waals surface area contributed by atoms with Crippen molar-refractivity contribution < 1.29 is 4.79 Å². The van der Waals surface area contributed by atoms with Crippen LogP contribution in [0.15, 0.2) is 78.0 Å². The highest BCUT2D eigenvalue weighted by atomic mass is 32.1. The van der Waals surface area contributed by atoms with E-state index in [1.165, 1.54) is 11.3 Å². The van der Waals surface area contributed by atoms with Crippen LogP contribution >= 0.6 is 11.3 Å². The van der Waals surface area contributed by atoms with Crippen LogP contribution in [-0.4, -0.2) is 52.3 Å². The smallest absolute Gasteiger partial charge is 0.256 e. The Labute approximate surface area is 213 Å². The molecule has 4 heterocycles. The Morgan fingerprint density at radius 3 is 2.61 bits per heavy atom. The summed E-state index contributed by atoms with van der Waals surface area (Å²) in [4.78, 5) is 26.2. The van der Waals surface area contributed by atoms with Gasteiger partial charge in [-0.1, -0.05) is 19.6 Å². The molecule has 1 fully saturated rings. The van der Waals surface area contributed by atoms with E-state index in [0.717, 1.165) is 65.4 Å². The van der Waals surface area contributed by atoms with Crippen molar-refractivity contribution >= 4 is 45.3 Å². The Hall–Kier alpha value is -4.24. The highest BCUT2D eigenvalue weighted by Gasteiger charge is 2.21. The predicted octanol–water partition coefficient (Wildman–Crippen LogP) is 5.30. The molecule has 5 aromatic rings. The monoisotopic (exact) mass is 497 g/mol. The minimum atomic E-state index is -0.0846. The van der Waals surface area contributed by atoms with Crippen molar-refractivity contribution in [3.63, 3.8) is 0 Å². The molecule has 0 aliphatic carbocycles. The number of hydrogen-bond donors (Lipinski definition) is 2. The summed E-state index contributed by atoms with van der Waals surface area (Å²) in [5.74, 6) is 0.871. The van der Waals surface area contributed by atoms with Gasteiger partial charge in [0, 0.05) is 60.1 Å². The molecule has 2 aromatic carbocycles. The van der Waals surface area contributed by atoms with E-state index < -0.39 is 0 Å². The fraction of sp³-hybridized carbons (Fsp3) is 0.185. The zero-order chi connectivity index (χ0) is 23.6. The average Bonchev–Trinajstić information content (AvgIpc) is 3.64. The number of nitrogens with one attached hydrogen (secondary N) is 2. The number of aromatic amines is 1. The Morgan fingerprint density at radius 1 is 0.972 bits per heavy atom. The molecular weight excluding hydrogens is 470 g/mol. The third-order valence-electron chi connectivity index (χ3n) is 6.28. The van der Waals surface area contributed by atoms with Crippen molar-refractivity contribution in [3.8, 4) is 11.1 Å². The molecule has 3 aromatic heterocycles. The quantitative estimate of drug-likeness (QED) is 0.343. The van der Waals surface area contributed by atoms with Crippen LogP contribution in [0.1, 0.15) is 17.8 Å². The molecule has 1 aliphatic rings. The number of benzene rings is 2. The van der Waals surface area contributed by atoms with Gasteiger partial charge in [-0.3, -0.25) is 9.89 Å². The van der Waals surface area contributed by atoms with Gasteiger partial charge in [0.25, 0.3) is 5.91 Å². The lowest BCUT2D eigenvalue weighted by atomic mass is 10.1. The van der Waals surface area contributed by atoms with Crippen LogP contribution in [0.5, 0.6) is 0 Å². The van der Waals surface area contributed by atoms with Gasteiger partial charge in [0.2, 0.25) is 0 Å². The van der Waals surface area contributed by atoms with Crippen molar-refractivity contribution in [2.24, 2.45) is 0 Å². The van der Waals surface area contributed by atoms with E-state index in [9.17, 15) is 4.79 Å². The van der Waals surface area contributed by atoms with Gasteiger partial charge < -0.3 is 15.1 Å². The maximum Gasteiger partial charge on any atom is 0.256 e. The van der Waals surface area contributed by atoms with Crippen molar-refractivity contribution in [3.05, 3.63) is 83.6 Å². The number of H-pyrrole nitrogens is 1. The maximum atomic E-state index is 12.4. The standard InChI is InChI=1S/C26H23N7OS.CH4/c34-26(19-6-11-35-16-19)31-21-2-1-3-22(13-21)32-7-9-33(10-8-32)25-23-12-18(20-14-29-30-15-20)4-5-24(23)27-17-28-25;/h1-6,11-17H,7-10H2,(H,29,30)(H,31,34);1H4. The molecule has 0 radical (unpaired) electrons. The first-order valence-electron chi connectivity index (χ1n) is 11.4. The summed E-state index contributed by atoms with van der Waals surface area (Å²) in [6, 6.07) is 16.1. The number of fused-ring (bicyclic) bond motifs is 1. The van der Waals surface area contributed by atoms with Crippen LogP contribution in [0.25, 0.3) is 22.0 Å². The Balaban J connectivity index is 0.00000267. The molecule has 182 valence electrons. The van der Waals surface area contributed by atoms with Gasteiger partial charge >= 0.3 is 0 Å². The summed E-state index contributed by atoms with van der Waals surface area (Å²) in [6.45, 7) is 3.39. The molecule has 0 saturated carbocycles. The van der Waals surface area contributed by atoms with Crippen LogP contribution in [0.3, 0.4) is 0 Å². The lowest BCUT2D eigenvalue weighted by molar-refractivity contribution is 0.102. The van der Waals surface area contributed by atoms with Gasteiger partial charge in [-0.05, 0) is 47.3 Å². The van der Waals surface area contributed by atoms with E-state index in [-0.39, 0.29) is 13.3 Å². The lowest BCUT2D eigenvalue weighted by Gasteiger charge is -2.37. The minimum Gasteiger partial charge on any atom is -0.368 e. The molecule has 0 atom stereocenters. The maximum absolute atomic E-state index is 12.4. The normalized spacial score (nSPS) is 13.4. The van der Waals surface area contributed by atoms with E-state index in [1.54, 1.807) is 6.33 Å². The van der Waals surface area contributed by atoms with Crippen LogP contribution in [-0.2, 0) is 0 Å². The first kappa shape index (κ1) is 23.5. The topological polar surface area (TPSA) is 90.0 Å². The number of rotatable bonds is 5. The second-order valence-electron chi connectivity index (χ2n) is 8.41. The van der Waals surface area contributed by atoms with Gasteiger partial charge in [0.1, 0.15) is 12.1 Å². The molecule has 1 saturated heterocycles. The molecule has 0 spiro atoms. The molecule has 2 N–H and O–H groups in total. The first-order chi connectivity index (χ1) is 17.2. The fourth-order valence-electron chi connectivity index (χ4n) is 4.44. The molecule has 36 heavy (non-hydrogen) atoms. The lowest BCUT2D eigenvalue weighted by Crippen LogP contribution is -2.47. The van der Waals surface area contributed by atoms with E-state index in [2.05, 4.69) is 53.5 Å². The number of piperazine rings is 1. The number of nitrogens with zero attached hydrogens (tertiary/aromatic N) is 5. The molecule has 0 unspecified atom stereocenters. The Morgan fingerprint density at radius 2 is 1.83 bits per heavy atom. The SMILES string of the molecule is C.O=C(Nc1cccc(N2CCN(c3ncnc4ccc(-c5cn[nH]c5)cc34)CC2)c1)c1ccsc1. The van der Waals surface area contributed by atoms with Crippen molar-refractivity contribution in [1.82, 2.24) is 20.2 Å². The first-order valence-corrected chi connectivity index (χ1v) is 12.4. The number of hydrogen-bond acceptors (Lipinski definition) is 7. The molecule has 0 bridgehead atoms. The van der Waals surface area contributed by atoms with Crippen LogP contribution in [0, 0.1) is 0 Å². The number of carbonyl (C=O) groups is 1. The second-order valence-corrected chi connectivity index (χ2v) is 9.19. The van der Waals surface area contributed by atoms with Crippen molar-refractivity contribution in [2.75, 3.05) is 41.3 Å². The Bertz CT molecular complexity index is 1460. The van der Waals surface area contributed by atoms with Gasteiger partial charge in [-0.15, -0.1) is 0 Å². The number of amides is 1. The van der Waals surface area contributed by atoms with Crippen LogP contribution in [0.2, 0.25) is 0 Å². The van der Waals surface area contributed by atoms with E-state index >= 15 is 0 Å². The predicted molar refractivity (Wildman–Crippen MR) is 147 cm³/mol. The van der Waals surface area contributed by atoms with E-state index in [1.807, 2.05) is 53.5 Å². The summed E-state index contributed by atoms with van der Waals surface area (Å²) >= 11 is 1.52. The second kappa shape index (κ2) is 10.2. The molecule has 1 aliphatic heterocycles. The molecule has 8 nitrogen and oxygen atoms in total. The van der Waals surface area contributed by atoms with Crippen molar-refractivity contribution in [1.29, 1.82) is 0 Å². The summed E-state index contributed by atoms with van der Waals surface area (Å²) in [7, 11) is 0. The van der Waals surface area contributed by atoms with E-state index in [0.29, 0.717) is 5.56 Å².